The molecule has 0 rings (SSSR count). The molecule has 1 unspecified atom stereocenters. The highest BCUT2D eigenvalue weighted by Gasteiger charge is 2.12. The molecular weight excluding hydrogens is 226 g/mol. The predicted octanol–water partition coefficient (Wildman–Crippen LogP) is 1.47. The summed E-state index contributed by atoms with van der Waals surface area (Å²) in [6, 6.07) is -0.107. The number of hydrogen-bond acceptors (Lipinski definition) is 3. The van der Waals surface area contributed by atoms with Crippen LogP contribution in [0.3, 0.4) is 0 Å². The van der Waals surface area contributed by atoms with E-state index in [1.807, 2.05) is 6.92 Å². The highest BCUT2D eigenvalue weighted by molar-refractivity contribution is 5.81. The van der Waals surface area contributed by atoms with Gasteiger partial charge in [-0.15, -0.1) is 0 Å². The molecule has 4 heteroatoms. The highest BCUT2D eigenvalue weighted by atomic mass is 16.2. The molecule has 0 aliphatic rings. The maximum atomic E-state index is 11.7. The highest BCUT2D eigenvalue weighted by Crippen LogP contribution is 1.91. The van der Waals surface area contributed by atoms with Crippen molar-refractivity contribution in [2.24, 2.45) is 5.92 Å². The summed E-state index contributed by atoms with van der Waals surface area (Å²) in [6.45, 7) is 15.3. The Morgan fingerprint density at radius 2 is 1.83 bits per heavy atom. The summed E-state index contributed by atoms with van der Waals surface area (Å²) < 4.78 is 0. The van der Waals surface area contributed by atoms with E-state index in [2.05, 4.69) is 43.2 Å². The lowest BCUT2D eigenvalue weighted by molar-refractivity contribution is -0.122. The van der Waals surface area contributed by atoms with E-state index in [9.17, 15) is 4.79 Å². The van der Waals surface area contributed by atoms with Crippen molar-refractivity contribution in [3.05, 3.63) is 0 Å². The van der Waals surface area contributed by atoms with Crippen LogP contribution in [-0.2, 0) is 4.79 Å². The molecule has 0 radical (unpaired) electrons. The van der Waals surface area contributed by atoms with Crippen molar-refractivity contribution < 1.29 is 4.79 Å². The molecule has 0 aromatic heterocycles. The van der Waals surface area contributed by atoms with Crippen molar-refractivity contribution in [2.75, 3.05) is 32.7 Å². The molecule has 0 saturated heterocycles. The van der Waals surface area contributed by atoms with Crippen molar-refractivity contribution in [3.63, 3.8) is 0 Å². The molecule has 2 N–H and O–H groups in total. The van der Waals surface area contributed by atoms with Crippen LogP contribution >= 0.6 is 0 Å². The zero-order chi connectivity index (χ0) is 14.0. The number of carbonyl (C=O) groups excluding carboxylic acids is 1. The van der Waals surface area contributed by atoms with Crippen LogP contribution in [0.4, 0.5) is 0 Å². The number of carbonyl (C=O) groups is 1. The van der Waals surface area contributed by atoms with Gasteiger partial charge in [0.25, 0.3) is 0 Å². The quantitative estimate of drug-likeness (QED) is 0.623. The fourth-order valence-electron chi connectivity index (χ4n) is 1.73. The van der Waals surface area contributed by atoms with Gasteiger partial charge in [-0.1, -0.05) is 27.7 Å². The van der Waals surface area contributed by atoms with Gasteiger partial charge in [-0.2, -0.15) is 0 Å². The summed E-state index contributed by atoms with van der Waals surface area (Å²) in [7, 11) is 0. The monoisotopic (exact) mass is 257 g/mol. The standard InChI is InChI=1S/C14H31N3O/c1-6-9-17(7-2)10-8-15-13(5)14(18)16-11-12(3)4/h12-13,15H,6-11H2,1-5H3,(H,16,18). The first-order valence-electron chi connectivity index (χ1n) is 7.24. The Morgan fingerprint density at radius 1 is 1.17 bits per heavy atom. The largest absolute Gasteiger partial charge is 0.354 e. The maximum Gasteiger partial charge on any atom is 0.236 e. The fourth-order valence-corrected chi connectivity index (χ4v) is 1.73. The van der Waals surface area contributed by atoms with E-state index in [-0.39, 0.29) is 11.9 Å². The number of rotatable bonds is 10. The molecule has 0 bridgehead atoms. The van der Waals surface area contributed by atoms with E-state index in [4.69, 9.17) is 0 Å². The third-order valence-electron chi connectivity index (χ3n) is 2.94. The van der Waals surface area contributed by atoms with E-state index in [1.54, 1.807) is 0 Å². The van der Waals surface area contributed by atoms with Crippen molar-refractivity contribution in [1.29, 1.82) is 0 Å². The van der Waals surface area contributed by atoms with Crippen LogP contribution in [0.15, 0.2) is 0 Å². The number of likely N-dealkylation sites (N-methyl/N-ethyl adjacent to an activating group) is 1. The van der Waals surface area contributed by atoms with Gasteiger partial charge in [0, 0.05) is 19.6 Å². The Morgan fingerprint density at radius 3 is 2.33 bits per heavy atom. The van der Waals surface area contributed by atoms with Gasteiger partial charge in [0.1, 0.15) is 0 Å². The van der Waals surface area contributed by atoms with Crippen molar-refractivity contribution in [3.8, 4) is 0 Å². The summed E-state index contributed by atoms with van der Waals surface area (Å²) in [5, 5.41) is 6.22. The third-order valence-corrected chi connectivity index (χ3v) is 2.94. The minimum Gasteiger partial charge on any atom is -0.354 e. The van der Waals surface area contributed by atoms with Gasteiger partial charge in [0.05, 0.1) is 6.04 Å². The van der Waals surface area contributed by atoms with Crippen LogP contribution in [-0.4, -0.2) is 49.6 Å². The number of nitrogens with one attached hydrogen (secondary N) is 2. The maximum absolute atomic E-state index is 11.7. The molecule has 0 spiro atoms. The Balaban J connectivity index is 3.74. The third kappa shape index (κ3) is 8.48. The van der Waals surface area contributed by atoms with E-state index in [0.29, 0.717) is 5.92 Å². The molecule has 0 heterocycles. The molecule has 0 aromatic carbocycles. The Kier molecular flexibility index (Phi) is 9.98. The zero-order valence-corrected chi connectivity index (χ0v) is 12.8. The van der Waals surface area contributed by atoms with Gasteiger partial charge < -0.3 is 15.5 Å². The number of hydrogen-bond donors (Lipinski definition) is 2. The Bertz CT molecular complexity index is 219. The molecular formula is C14H31N3O. The van der Waals surface area contributed by atoms with Crippen molar-refractivity contribution in [1.82, 2.24) is 15.5 Å². The van der Waals surface area contributed by atoms with Crippen LogP contribution in [0.5, 0.6) is 0 Å². The van der Waals surface area contributed by atoms with Crippen LogP contribution in [0, 0.1) is 5.92 Å². The SMILES string of the molecule is CCCN(CC)CCNC(C)C(=O)NCC(C)C. The van der Waals surface area contributed by atoms with Gasteiger partial charge in [-0.3, -0.25) is 4.79 Å². The summed E-state index contributed by atoms with van der Waals surface area (Å²) in [5.74, 6) is 0.600. The number of nitrogens with zero attached hydrogens (tertiary/aromatic N) is 1. The van der Waals surface area contributed by atoms with Crippen molar-refractivity contribution in [2.45, 2.75) is 47.1 Å². The normalized spacial score (nSPS) is 13.1. The van der Waals surface area contributed by atoms with Gasteiger partial charge in [-0.05, 0) is 32.4 Å². The molecule has 4 nitrogen and oxygen atoms in total. The van der Waals surface area contributed by atoms with Crippen LogP contribution < -0.4 is 10.6 Å². The first-order valence-corrected chi connectivity index (χ1v) is 7.24. The van der Waals surface area contributed by atoms with Crippen LogP contribution in [0.25, 0.3) is 0 Å². The van der Waals surface area contributed by atoms with Gasteiger partial charge >= 0.3 is 0 Å². The molecule has 0 aliphatic heterocycles. The zero-order valence-electron chi connectivity index (χ0n) is 12.8. The lowest BCUT2D eigenvalue weighted by atomic mass is 10.2. The van der Waals surface area contributed by atoms with E-state index < -0.39 is 0 Å². The van der Waals surface area contributed by atoms with Crippen LogP contribution in [0.2, 0.25) is 0 Å². The fraction of sp³-hybridized carbons (Fsp3) is 0.929. The second kappa shape index (κ2) is 10.3. The summed E-state index contributed by atoms with van der Waals surface area (Å²) in [5.41, 5.74) is 0. The Hall–Kier alpha value is -0.610. The molecule has 0 saturated carbocycles. The number of amides is 1. The molecule has 0 aliphatic carbocycles. The minimum absolute atomic E-state index is 0.0993. The molecule has 1 amide bonds. The average Bonchev–Trinajstić information content (AvgIpc) is 2.34. The first kappa shape index (κ1) is 17.4. The smallest absolute Gasteiger partial charge is 0.236 e. The Labute approximate surface area is 113 Å². The predicted molar refractivity (Wildman–Crippen MR) is 77.7 cm³/mol. The van der Waals surface area contributed by atoms with E-state index >= 15 is 0 Å². The molecule has 18 heavy (non-hydrogen) atoms. The van der Waals surface area contributed by atoms with Gasteiger partial charge in [-0.25, -0.2) is 0 Å². The minimum atomic E-state index is -0.107. The summed E-state index contributed by atoms with van der Waals surface area (Å²) in [4.78, 5) is 14.1. The summed E-state index contributed by atoms with van der Waals surface area (Å²) in [6.07, 6.45) is 1.18. The molecule has 0 fully saturated rings. The lowest BCUT2D eigenvalue weighted by Gasteiger charge is -2.21. The second-order valence-electron chi connectivity index (χ2n) is 5.25. The van der Waals surface area contributed by atoms with Gasteiger partial charge in [0.2, 0.25) is 5.91 Å². The second-order valence-corrected chi connectivity index (χ2v) is 5.25. The first-order chi connectivity index (χ1) is 8.51. The van der Waals surface area contributed by atoms with Gasteiger partial charge in [0.15, 0.2) is 0 Å². The lowest BCUT2D eigenvalue weighted by Crippen LogP contribution is -2.45. The average molecular weight is 257 g/mol. The molecule has 108 valence electrons. The van der Waals surface area contributed by atoms with Crippen molar-refractivity contribution >= 4 is 5.91 Å². The van der Waals surface area contributed by atoms with E-state index in [1.165, 1.54) is 6.42 Å². The van der Waals surface area contributed by atoms with Crippen LogP contribution in [0.1, 0.15) is 41.0 Å². The molecule has 1 atom stereocenters. The topological polar surface area (TPSA) is 44.4 Å². The van der Waals surface area contributed by atoms with E-state index in [0.717, 1.165) is 32.7 Å². The molecule has 0 aromatic rings. The summed E-state index contributed by atoms with van der Waals surface area (Å²) >= 11 is 0.